The van der Waals surface area contributed by atoms with Crippen molar-refractivity contribution in [1.82, 2.24) is 5.32 Å². The summed E-state index contributed by atoms with van der Waals surface area (Å²) in [7, 11) is 1.57. The van der Waals surface area contributed by atoms with Crippen molar-refractivity contribution >= 4 is 11.9 Å². The van der Waals surface area contributed by atoms with Crippen molar-refractivity contribution < 1.29 is 23.8 Å². The molecule has 3 aromatic carbocycles. The van der Waals surface area contributed by atoms with E-state index in [1.807, 2.05) is 54.6 Å². The SMILES string of the molecule is COc1ccccc1CNC(=O)COC(=O)c1ccc(COc2ccccc2)cc1. The summed E-state index contributed by atoms with van der Waals surface area (Å²) in [6.45, 7) is 0.327. The van der Waals surface area contributed by atoms with E-state index in [4.69, 9.17) is 14.2 Å². The molecule has 0 aliphatic heterocycles. The third-order valence-corrected chi connectivity index (χ3v) is 4.34. The molecule has 154 valence electrons. The number of carbonyl (C=O) groups is 2. The van der Waals surface area contributed by atoms with Gasteiger partial charge in [-0.05, 0) is 35.9 Å². The first-order valence-electron chi connectivity index (χ1n) is 9.48. The molecule has 0 aromatic heterocycles. The molecule has 0 aliphatic rings. The first-order chi connectivity index (χ1) is 14.7. The number of esters is 1. The van der Waals surface area contributed by atoms with Gasteiger partial charge in [0.1, 0.15) is 18.1 Å². The molecule has 3 aromatic rings. The Bertz CT molecular complexity index is 970. The lowest BCUT2D eigenvalue weighted by atomic mass is 10.1. The molecular formula is C24H23NO5. The van der Waals surface area contributed by atoms with Gasteiger partial charge in [-0.2, -0.15) is 0 Å². The van der Waals surface area contributed by atoms with Gasteiger partial charge in [0, 0.05) is 12.1 Å². The van der Waals surface area contributed by atoms with Gasteiger partial charge < -0.3 is 19.5 Å². The second-order valence-corrected chi connectivity index (χ2v) is 6.46. The lowest BCUT2D eigenvalue weighted by molar-refractivity contribution is -0.124. The molecule has 6 nitrogen and oxygen atoms in total. The molecule has 0 aliphatic carbocycles. The second kappa shape index (κ2) is 10.7. The number of nitrogens with one attached hydrogen (secondary N) is 1. The van der Waals surface area contributed by atoms with E-state index >= 15 is 0 Å². The predicted octanol–water partition coefficient (Wildman–Crippen LogP) is 3.75. The molecule has 0 spiro atoms. The van der Waals surface area contributed by atoms with Crippen LogP contribution in [0.5, 0.6) is 11.5 Å². The Morgan fingerprint density at radius 1 is 0.867 bits per heavy atom. The van der Waals surface area contributed by atoms with Crippen LogP contribution < -0.4 is 14.8 Å². The van der Waals surface area contributed by atoms with Crippen molar-refractivity contribution in [1.29, 1.82) is 0 Å². The van der Waals surface area contributed by atoms with Gasteiger partial charge in [0.15, 0.2) is 6.61 Å². The van der Waals surface area contributed by atoms with Crippen molar-refractivity contribution in [2.75, 3.05) is 13.7 Å². The Kier molecular flexibility index (Phi) is 7.44. The maximum absolute atomic E-state index is 12.2. The normalized spacial score (nSPS) is 10.2. The molecule has 0 heterocycles. The Balaban J connectivity index is 1.43. The standard InChI is InChI=1S/C24H23NO5/c1-28-22-10-6-5-7-20(22)15-25-23(26)17-30-24(27)19-13-11-18(12-14-19)16-29-21-8-3-2-4-9-21/h2-14H,15-17H2,1H3,(H,25,26). The van der Waals surface area contributed by atoms with Crippen LogP contribution in [0.25, 0.3) is 0 Å². The summed E-state index contributed by atoms with van der Waals surface area (Å²) in [5.41, 5.74) is 2.13. The average molecular weight is 405 g/mol. The third kappa shape index (κ3) is 6.10. The number of para-hydroxylation sites is 2. The van der Waals surface area contributed by atoms with E-state index in [2.05, 4.69) is 5.32 Å². The first-order valence-corrected chi connectivity index (χ1v) is 9.48. The molecule has 0 saturated heterocycles. The highest BCUT2D eigenvalue weighted by molar-refractivity contribution is 5.91. The lowest BCUT2D eigenvalue weighted by Gasteiger charge is -2.10. The number of ether oxygens (including phenoxy) is 3. The molecule has 3 rings (SSSR count). The lowest BCUT2D eigenvalue weighted by Crippen LogP contribution is -2.28. The summed E-state index contributed by atoms with van der Waals surface area (Å²) in [6.07, 6.45) is 0. The zero-order valence-corrected chi connectivity index (χ0v) is 16.7. The van der Waals surface area contributed by atoms with E-state index in [0.717, 1.165) is 16.9 Å². The van der Waals surface area contributed by atoms with Gasteiger partial charge in [0.25, 0.3) is 5.91 Å². The summed E-state index contributed by atoms with van der Waals surface area (Å²) < 4.78 is 16.0. The van der Waals surface area contributed by atoms with E-state index in [1.54, 1.807) is 31.4 Å². The minimum atomic E-state index is -0.557. The van der Waals surface area contributed by atoms with Crippen LogP contribution in [-0.4, -0.2) is 25.6 Å². The topological polar surface area (TPSA) is 73.9 Å². The number of amides is 1. The van der Waals surface area contributed by atoms with Crippen molar-refractivity contribution in [3.8, 4) is 11.5 Å². The van der Waals surface area contributed by atoms with E-state index in [1.165, 1.54) is 0 Å². The molecule has 0 bridgehead atoms. The molecule has 0 saturated carbocycles. The highest BCUT2D eigenvalue weighted by Crippen LogP contribution is 2.16. The van der Waals surface area contributed by atoms with Crippen LogP contribution in [0.4, 0.5) is 0 Å². The minimum absolute atomic E-state index is 0.288. The van der Waals surface area contributed by atoms with Crippen LogP contribution in [0.15, 0.2) is 78.9 Å². The monoisotopic (exact) mass is 405 g/mol. The van der Waals surface area contributed by atoms with Crippen molar-refractivity contribution in [2.45, 2.75) is 13.2 Å². The number of hydrogen-bond acceptors (Lipinski definition) is 5. The van der Waals surface area contributed by atoms with Gasteiger partial charge >= 0.3 is 5.97 Å². The Morgan fingerprint density at radius 2 is 1.57 bits per heavy atom. The second-order valence-electron chi connectivity index (χ2n) is 6.46. The fourth-order valence-electron chi connectivity index (χ4n) is 2.73. The summed E-state index contributed by atoms with van der Waals surface area (Å²) in [5, 5.41) is 2.71. The quantitative estimate of drug-likeness (QED) is 0.549. The number of methoxy groups -OCH3 is 1. The zero-order valence-electron chi connectivity index (χ0n) is 16.7. The van der Waals surface area contributed by atoms with Gasteiger partial charge in [-0.3, -0.25) is 4.79 Å². The fourth-order valence-corrected chi connectivity index (χ4v) is 2.73. The predicted molar refractivity (Wildman–Crippen MR) is 112 cm³/mol. The van der Waals surface area contributed by atoms with Crippen LogP contribution in [0.3, 0.4) is 0 Å². The smallest absolute Gasteiger partial charge is 0.338 e. The Hall–Kier alpha value is -3.80. The van der Waals surface area contributed by atoms with Gasteiger partial charge in [0.05, 0.1) is 12.7 Å². The van der Waals surface area contributed by atoms with E-state index in [-0.39, 0.29) is 19.1 Å². The van der Waals surface area contributed by atoms with Crippen molar-refractivity contribution in [2.24, 2.45) is 0 Å². The molecule has 6 heteroatoms. The molecule has 0 fully saturated rings. The molecule has 1 N–H and O–H groups in total. The highest BCUT2D eigenvalue weighted by atomic mass is 16.5. The van der Waals surface area contributed by atoms with Crippen molar-refractivity contribution in [3.63, 3.8) is 0 Å². The van der Waals surface area contributed by atoms with E-state index in [0.29, 0.717) is 17.9 Å². The summed E-state index contributed by atoms with van der Waals surface area (Å²) in [4.78, 5) is 24.1. The van der Waals surface area contributed by atoms with Gasteiger partial charge in [-0.25, -0.2) is 4.79 Å². The third-order valence-electron chi connectivity index (χ3n) is 4.34. The molecule has 0 atom stereocenters. The zero-order chi connectivity index (χ0) is 21.2. The number of benzene rings is 3. The highest BCUT2D eigenvalue weighted by Gasteiger charge is 2.11. The van der Waals surface area contributed by atoms with Gasteiger partial charge in [-0.1, -0.05) is 48.5 Å². The number of rotatable bonds is 9. The minimum Gasteiger partial charge on any atom is -0.496 e. The van der Waals surface area contributed by atoms with E-state index in [9.17, 15) is 9.59 Å². The van der Waals surface area contributed by atoms with Crippen molar-refractivity contribution in [3.05, 3.63) is 95.6 Å². The Morgan fingerprint density at radius 3 is 2.30 bits per heavy atom. The molecule has 30 heavy (non-hydrogen) atoms. The van der Waals surface area contributed by atoms with Crippen LogP contribution in [0, 0.1) is 0 Å². The van der Waals surface area contributed by atoms with Crippen LogP contribution >= 0.6 is 0 Å². The van der Waals surface area contributed by atoms with E-state index < -0.39 is 5.97 Å². The van der Waals surface area contributed by atoms with Gasteiger partial charge in [-0.15, -0.1) is 0 Å². The number of carbonyl (C=O) groups excluding carboxylic acids is 2. The maximum Gasteiger partial charge on any atom is 0.338 e. The fraction of sp³-hybridized carbons (Fsp3) is 0.167. The Labute approximate surface area is 175 Å². The largest absolute Gasteiger partial charge is 0.496 e. The van der Waals surface area contributed by atoms with Crippen LogP contribution in [0.2, 0.25) is 0 Å². The molecule has 0 radical (unpaired) electrons. The van der Waals surface area contributed by atoms with Crippen LogP contribution in [-0.2, 0) is 22.7 Å². The maximum atomic E-state index is 12.2. The first kappa shape index (κ1) is 20.9. The summed E-state index contributed by atoms with van der Waals surface area (Å²) in [5.74, 6) is 0.520. The molecule has 1 amide bonds. The van der Waals surface area contributed by atoms with Gasteiger partial charge in [0.2, 0.25) is 0 Å². The average Bonchev–Trinajstić information content (AvgIpc) is 2.81. The number of hydrogen-bond donors (Lipinski definition) is 1. The summed E-state index contributed by atoms with van der Waals surface area (Å²) in [6, 6.07) is 23.8. The van der Waals surface area contributed by atoms with Crippen LogP contribution in [0.1, 0.15) is 21.5 Å². The molecular weight excluding hydrogens is 382 g/mol. The molecule has 0 unspecified atom stereocenters. The summed E-state index contributed by atoms with van der Waals surface area (Å²) >= 11 is 0.